The molecule has 1 amide bonds. The van der Waals surface area contributed by atoms with Crippen LogP contribution in [-0.2, 0) is 15.7 Å². The average Bonchev–Trinajstić information content (AvgIpc) is 2.43. The molecule has 0 atom stereocenters. The third kappa shape index (κ3) is 4.48. The summed E-state index contributed by atoms with van der Waals surface area (Å²) in [6.07, 6.45) is -3.44. The van der Waals surface area contributed by atoms with Crippen LogP contribution in [0, 0.1) is 0 Å². The molecule has 21 heavy (non-hydrogen) atoms. The molecule has 0 radical (unpaired) electrons. The van der Waals surface area contributed by atoms with Gasteiger partial charge in [0.15, 0.2) is 5.82 Å². The molecule has 6 nitrogen and oxygen atoms in total. The Morgan fingerprint density at radius 3 is 2.62 bits per heavy atom. The van der Waals surface area contributed by atoms with Gasteiger partial charge in [-0.2, -0.15) is 13.2 Å². The highest BCUT2D eigenvalue weighted by atomic mass is 19.4. The van der Waals surface area contributed by atoms with E-state index >= 15 is 0 Å². The molecule has 0 aromatic carbocycles. The molecule has 2 N–H and O–H groups in total. The van der Waals surface area contributed by atoms with E-state index in [9.17, 15) is 22.8 Å². The smallest absolute Gasteiger partial charge is 0.433 e. The van der Waals surface area contributed by atoms with E-state index in [-0.39, 0.29) is 12.0 Å². The fourth-order valence-corrected chi connectivity index (χ4v) is 1.30. The summed E-state index contributed by atoms with van der Waals surface area (Å²) >= 11 is 0. The number of alkyl halides is 3. The van der Waals surface area contributed by atoms with Crippen molar-refractivity contribution in [2.24, 2.45) is 0 Å². The van der Waals surface area contributed by atoms with Crippen LogP contribution in [0.5, 0.6) is 0 Å². The van der Waals surface area contributed by atoms with E-state index in [4.69, 9.17) is 0 Å². The third-order valence-corrected chi connectivity index (χ3v) is 2.24. The molecule has 1 aromatic rings. The van der Waals surface area contributed by atoms with Gasteiger partial charge in [0.1, 0.15) is 11.3 Å². The highest BCUT2D eigenvalue weighted by Gasteiger charge is 2.33. The second-order valence-corrected chi connectivity index (χ2v) is 3.75. The number of anilines is 1. The summed E-state index contributed by atoms with van der Waals surface area (Å²) < 4.78 is 42.2. The van der Waals surface area contributed by atoms with Crippen LogP contribution in [0.25, 0.3) is 0 Å². The van der Waals surface area contributed by atoms with E-state index in [2.05, 4.69) is 27.2 Å². The number of nitrogens with one attached hydrogen (secondary N) is 2. The van der Waals surface area contributed by atoms with Crippen molar-refractivity contribution in [1.82, 2.24) is 10.4 Å². The summed E-state index contributed by atoms with van der Waals surface area (Å²) in [5.41, 5.74) is 2.81. The Labute approximate surface area is 118 Å². The first-order valence-corrected chi connectivity index (χ1v) is 5.62. The number of rotatable bonds is 5. The zero-order valence-electron chi connectivity index (χ0n) is 11.0. The van der Waals surface area contributed by atoms with E-state index in [0.29, 0.717) is 6.07 Å². The minimum atomic E-state index is -4.68. The predicted molar refractivity (Wildman–Crippen MR) is 67.2 cm³/mol. The SMILES string of the molecule is C=CCC(=O)NNc1nc(C(F)(F)F)ccc1C(=O)OC. The van der Waals surface area contributed by atoms with Crippen molar-refractivity contribution in [3.8, 4) is 0 Å². The molecule has 0 aliphatic carbocycles. The minimum absolute atomic E-state index is 0.0560. The second-order valence-electron chi connectivity index (χ2n) is 3.75. The maximum absolute atomic E-state index is 12.6. The summed E-state index contributed by atoms with van der Waals surface area (Å²) in [4.78, 5) is 26.0. The number of hydrogen-bond acceptors (Lipinski definition) is 5. The van der Waals surface area contributed by atoms with Gasteiger partial charge >= 0.3 is 12.1 Å². The summed E-state index contributed by atoms with van der Waals surface area (Å²) in [5, 5.41) is 0. The molecule has 0 aliphatic rings. The number of hydrogen-bond donors (Lipinski definition) is 2. The molecule has 0 spiro atoms. The van der Waals surface area contributed by atoms with Gasteiger partial charge in [0.25, 0.3) is 0 Å². The molecule has 114 valence electrons. The quantitative estimate of drug-likeness (QED) is 0.493. The van der Waals surface area contributed by atoms with E-state index in [0.717, 1.165) is 13.2 Å². The zero-order valence-corrected chi connectivity index (χ0v) is 11.0. The van der Waals surface area contributed by atoms with Gasteiger partial charge in [-0.05, 0) is 12.1 Å². The van der Waals surface area contributed by atoms with Crippen molar-refractivity contribution in [3.05, 3.63) is 36.0 Å². The number of methoxy groups -OCH3 is 1. The van der Waals surface area contributed by atoms with Crippen LogP contribution in [0.1, 0.15) is 22.5 Å². The average molecular weight is 303 g/mol. The molecule has 0 unspecified atom stereocenters. The lowest BCUT2D eigenvalue weighted by Crippen LogP contribution is -2.30. The number of carbonyl (C=O) groups excluding carboxylic acids is 2. The van der Waals surface area contributed by atoms with E-state index in [1.807, 2.05) is 0 Å². The largest absolute Gasteiger partial charge is 0.465 e. The Morgan fingerprint density at radius 2 is 2.10 bits per heavy atom. The van der Waals surface area contributed by atoms with Gasteiger partial charge in [0.05, 0.1) is 7.11 Å². The fourth-order valence-electron chi connectivity index (χ4n) is 1.30. The van der Waals surface area contributed by atoms with Crippen molar-refractivity contribution < 1.29 is 27.5 Å². The highest BCUT2D eigenvalue weighted by Crippen LogP contribution is 2.29. The molecule has 0 saturated carbocycles. The van der Waals surface area contributed by atoms with Gasteiger partial charge in [0, 0.05) is 6.42 Å². The first-order valence-electron chi connectivity index (χ1n) is 5.62. The Kier molecular flexibility index (Phi) is 5.28. The van der Waals surface area contributed by atoms with Crippen LogP contribution in [0.2, 0.25) is 0 Å². The maximum atomic E-state index is 12.6. The number of pyridine rings is 1. The molecule has 0 saturated heterocycles. The Bertz CT molecular complexity index is 558. The van der Waals surface area contributed by atoms with Crippen molar-refractivity contribution >= 4 is 17.7 Å². The van der Waals surface area contributed by atoms with Gasteiger partial charge in [-0.15, -0.1) is 6.58 Å². The van der Waals surface area contributed by atoms with Gasteiger partial charge in [-0.25, -0.2) is 9.78 Å². The van der Waals surface area contributed by atoms with Gasteiger partial charge in [-0.1, -0.05) is 6.08 Å². The summed E-state index contributed by atoms with van der Waals surface area (Å²) in [6.45, 7) is 3.33. The number of nitrogens with zero attached hydrogens (tertiary/aromatic N) is 1. The van der Waals surface area contributed by atoms with Crippen LogP contribution < -0.4 is 10.9 Å². The number of hydrazine groups is 1. The Morgan fingerprint density at radius 1 is 1.43 bits per heavy atom. The highest BCUT2D eigenvalue weighted by molar-refractivity contribution is 5.95. The van der Waals surface area contributed by atoms with E-state index in [1.54, 1.807) is 0 Å². The molecular weight excluding hydrogens is 291 g/mol. The van der Waals surface area contributed by atoms with Crippen LogP contribution in [0.15, 0.2) is 24.8 Å². The normalized spacial score (nSPS) is 10.7. The molecular formula is C12H12F3N3O3. The topological polar surface area (TPSA) is 80.3 Å². The number of halogens is 3. The monoisotopic (exact) mass is 303 g/mol. The summed E-state index contributed by atoms with van der Waals surface area (Å²) in [6, 6.07) is 1.55. The number of ether oxygens (including phenoxy) is 1. The minimum Gasteiger partial charge on any atom is -0.465 e. The first kappa shape index (κ1) is 16.5. The molecule has 9 heteroatoms. The lowest BCUT2D eigenvalue weighted by molar-refractivity contribution is -0.141. The number of carbonyl (C=O) groups is 2. The van der Waals surface area contributed by atoms with Gasteiger partial charge < -0.3 is 4.74 Å². The third-order valence-electron chi connectivity index (χ3n) is 2.24. The molecule has 1 heterocycles. The second kappa shape index (κ2) is 6.73. The van der Waals surface area contributed by atoms with Gasteiger partial charge in [0.2, 0.25) is 5.91 Å². The van der Waals surface area contributed by atoms with Crippen molar-refractivity contribution in [1.29, 1.82) is 0 Å². The standard InChI is InChI=1S/C12H12F3N3O3/c1-3-4-9(19)17-18-10-7(11(20)21-2)5-6-8(16-10)12(13,14)15/h3,5-6H,1,4H2,2H3,(H,16,18)(H,17,19). The number of aromatic nitrogens is 1. The number of esters is 1. The van der Waals surface area contributed by atoms with E-state index < -0.39 is 29.6 Å². The van der Waals surface area contributed by atoms with Crippen molar-refractivity contribution in [2.45, 2.75) is 12.6 Å². The predicted octanol–water partition coefficient (Wildman–Crippen LogP) is 1.91. The summed E-state index contributed by atoms with van der Waals surface area (Å²) in [5.74, 6) is -1.91. The maximum Gasteiger partial charge on any atom is 0.433 e. The van der Waals surface area contributed by atoms with E-state index in [1.165, 1.54) is 6.08 Å². The summed E-state index contributed by atoms with van der Waals surface area (Å²) in [7, 11) is 1.07. The molecule has 0 bridgehead atoms. The van der Waals surface area contributed by atoms with Crippen LogP contribution in [0.4, 0.5) is 19.0 Å². The Hall–Kier alpha value is -2.58. The fraction of sp³-hybridized carbons (Fsp3) is 0.250. The van der Waals surface area contributed by atoms with Crippen LogP contribution in [0.3, 0.4) is 0 Å². The van der Waals surface area contributed by atoms with Gasteiger partial charge in [-0.3, -0.25) is 15.6 Å². The number of amides is 1. The molecule has 1 aromatic heterocycles. The Balaban J connectivity index is 3.08. The lowest BCUT2D eigenvalue weighted by atomic mass is 10.2. The van der Waals surface area contributed by atoms with Crippen molar-refractivity contribution in [2.75, 3.05) is 12.5 Å². The molecule has 0 aliphatic heterocycles. The van der Waals surface area contributed by atoms with Crippen molar-refractivity contribution in [3.63, 3.8) is 0 Å². The van der Waals surface area contributed by atoms with Crippen LogP contribution >= 0.6 is 0 Å². The zero-order chi connectivity index (χ0) is 16.0. The lowest BCUT2D eigenvalue weighted by Gasteiger charge is -2.13. The first-order chi connectivity index (χ1) is 9.79. The van der Waals surface area contributed by atoms with Crippen LogP contribution in [-0.4, -0.2) is 24.0 Å². The molecule has 1 rings (SSSR count). The molecule has 0 fully saturated rings.